The fraction of sp³-hybridized carbons (Fsp3) is 0.588. The Balaban J connectivity index is 1.97. The third-order valence-corrected chi connectivity index (χ3v) is 4.13. The minimum atomic E-state index is 0.0865. The van der Waals surface area contributed by atoms with E-state index < -0.39 is 0 Å². The van der Waals surface area contributed by atoms with Gasteiger partial charge in [-0.3, -0.25) is 9.69 Å². The fourth-order valence-corrected chi connectivity index (χ4v) is 3.14. The van der Waals surface area contributed by atoms with Crippen LogP contribution in [0.15, 0.2) is 30.3 Å². The van der Waals surface area contributed by atoms with Gasteiger partial charge in [0.15, 0.2) is 0 Å². The molecule has 0 spiro atoms. The quantitative estimate of drug-likeness (QED) is 0.869. The minimum absolute atomic E-state index is 0.0865. The summed E-state index contributed by atoms with van der Waals surface area (Å²) in [4.78, 5) is 16.5. The zero-order valence-corrected chi connectivity index (χ0v) is 13.0. The van der Waals surface area contributed by atoms with E-state index in [2.05, 4.69) is 36.1 Å². The van der Waals surface area contributed by atoms with Crippen LogP contribution in [0.1, 0.15) is 31.7 Å². The van der Waals surface area contributed by atoms with Gasteiger partial charge in [-0.15, -0.1) is 0 Å². The van der Waals surface area contributed by atoms with Crippen molar-refractivity contribution in [3.63, 3.8) is 0 Å². The van der Waals surface area contributed by atoms with E-state index in [1.54, 1.807) is 0 Å². The first-order chi connectivity index (χ1) is 10.2. The Bertz CT molecular complexity index is 435. The molecule has 1 fully saturated rings. The highest BCUT2D eigenvalue weighted by molar-refractivity contribution is 5.78. The highest BCUT2D eigenvalue weighted by Crippen LogP contribution is 2.18. The maximum absolute atomic E-state index is 12.0. The molecule has 1 unspecified atom stereocenters. The molecule has 1 aliphatic rings. The molecule has 0 aromatic heterocycles. The lowest BCUT2D eigenvalue weighted by Gasteiger charge is -2.39. The maximum atomic E-state index is 12.0. The average molecular weight is 289 g/mol. The van der Waals surface area contributed by atoms with Crippen LogP contribution in [0.4, 0.5) is 0 Å². The molecule has 4 nitrogen and oxygen atoms in total. The number of rotatable bonds is 6. The number of nitrogens with two attached hydrogens (primary N) is 1. The topological polar surface area (TPSA) is 49.6 Å². The third-order valence-electron chi connectivity index (χ3n) is 4.13. The van der Waals surface area contributed by atoms with Gasteiger partial charge in [0.1, 0.15) is 0 Å². The number of likely N-dealkylation sites (tertiary alicyclic amines) is 1. The highest BCUT2D eigenvalue weighted by Gasteiger charge is 2.27. The van der Waals surface area contributed by atoms with Gasteiger partial charge in [-0.25, -0.2) is 0 Å². The number of hydrogen-bond donors (Lipinski definition) is 1. The highest BCUT2D eigenvalue weighted by atomic mass is 16.2. The van der Waals surface area contributed by atoms with Crippen molar-refractivity contribution in [3.05, 3.63) is 35.9 Å². The van der Waals surface area contributed by atoms with E-state index in [0.717, 1.165) is 45.4 Å². The van der Waals surface area contributed by atoms with Crippen LogP contribution < -0.4 is 5.73 Å². The van der Waals surface area contributed by atoms with Crippen molar-refractivity contribution in [1.82, 2.24) is 9.80 Å². The van der Waals surface area contributed by atoms with E-state index in [9.17, 15) is 4.79 Å². The summed E-state index contributed by atoms with van der Waals surface area (Å²) >= 11 is 0. The molecule has 0 bridgehead atoms. The Kier molecular flexibility index (Phi) is 6.21. The van der Waals surface area contributed by atoms with Crippen LogP contribution in [0.2, 0.25) is 0 Å². The van der Waals surface area contributed by atoms with Crippen molar-refractivity contribution in [2.75, 3.05) is 26.2 Å². The number of amides is 1. The molecule has 1 aliphatic heterocycles. The Labute approximate surface area is 127 Å². The van der Waals surface area contributed by atoms with Crippen LogP contribution >= 0.6 is 0 Å². The van der Waals surface area contributed by atoms with Crippen molar-refractivity contribution >= 4 is 5.91 Å². The molecule has 1 amide bonds. The van der Waals surface area contributed by atoms with Crippen LogP contribution in [0.25, 0.3) is 0 Å². The number of nitrogens with zero attached hydrogens (tertiary/aromatic N) is 2. The predicted molar refractivity (Wildman–Crippen MR) is 85.8 cm³/mol. The molecule has 2 rings (SSSR count). The smallest absolute Gasteiger partial charge is 0.236 e. The first-order valence-electron chi connectivity index (χ1n) is 8.00. The molecule has 21 heavy (non-hydrogen) atoms. The number of carbonyl (C=O) groups is 1. The molecular weight excluding hydrogens is 262 g/mol. The summed E-state index contributed by atoms with van der Waals surface area (Å²) in [5.41, 5.74) is 6.90. The molecule has 1 heterocycles. The monoisotopic (exact) mass is 289 g/mol. The number of piperidine rings is 1. The van der Waals surface area contributed by atoms with Gasteiger partial charge in [0.25, 0.3) is 0 Å². The van der Waals surface area contributed by atoms with Gasteiger partial charge in [0, 0.05) is 25.7 Å². The van der Waals surface area contributed by atoms with Gasteiger partial charge in [-0.2, -0.15) is 0 Å². The SMILES string of the molecule is CCCN(C(=O)CN)C1CCCN(Cc2ccccc2)C1. The zero-order valence-electron chi connectivity index (χ0n) is 13.0. The van der Waals surface area contributed by atoms with Crippen LogP contribution in [-0.4, -0.2) is 47.9 Å². The van der Waals surface area contributed by atoms with E-state index in [1.807, 2.05) is 11.0 Å². The molecule has 2 N–H and O–H groups in total. The maximum Gasteiger partial charge on any atom is 0.236 e. The van der Waals surface area contributed by atoms with Crippen molar-refractivity contribution < 1.29 is 4.79 Å². The van der Waals surface area contributed by atoms with Crippen LogP contribution in [-0.2, 0) is 11.3 Å². The summed E-state index contributed by atoms with van der Waals surface area (Å²) in [6.45, 7) is 6.09. The van der Waals surface area contributed by atoms with E-state index >= 15 is 0 Å². The summed E-state index contributed by atoms with van der Waals surface area (Å²) < 4.78 is 0. The van der Waals surface area contributed by atoms with Crippen LogP contribution in [0.3, 0.4) is 0 Å². The molecule has 0 aliphatic carbocycles. The largest absolute Gasteiger partial charge is 0.337 e. The van der Waals surface area contributed by atoms with Crippen molar-refractivity contribution in [2.24, 2.45) is 5.73 Å². The molecule has 1 aromatic rings. The molecule has 0 radical (unpaired) electrons. The van der Waals surface area contributed by atoms with Gasteiger partial charge in [-0.05, 0) is 31.4 Å². The predicted octanol–water partition coefficient (Wildman–Crippen LogP) is 1.85. The lowest BCUT2D eigenvalue weighted by molar-refractivity contribution is -0.133. The summed E-state index contributed by atoms with van der Waals surface area (Å²) in [6, 6.07) is 10.9. The normalized spacial score (nSPS) is 19.4. The summed E-state index contributed by atoms with van der Waals surface area (Å²) in [5.74, 6) is 0.0865. The average Bonchev–Trinajstić information content (AvgIpc) is 2.53. The molecular formula is C17H27N3O. The van der Waals surface area contributed by atoms with Gasteiger partial charge >= 0.3 is 0 Å². The number of hydrogen-bond acceptors (Lipinski definition) is 3. The van der Waals surface area contributed by atoms with Gasteiger partial charge in [0.05, 0.1) is 6.54 Å². The number of carbonyl (C=O) groups excluding carboxylic acids is 1. The Morgan fingerprint density at radius 3 is 2.81 bits per heavy atom. The first kappa shape index (κ1) is 16.0. The van der Waals surface area contributed by atoms with Gasteiger partial charge in [0.2, 0.25) is 5.91 Å². The Morgan fingerprint density at radius 2 is 2.14 bits per heavy atom. The summed E-state index contributed by atoms with van der Waals surface area (Å²) in [6.07, 6.45) is 3.23. The van der Waals surface area contributed by atoms with E-state index in [1.165, 1.54) is 5.56 Å². The fourth-order valence-electron chi connectivity index (χ4n) is 3.14. The lowest BCUT2D eigenvalue weighted by Crippen LogP contribution is -2.51. The second kappa shape index (κ2) is 8.15. The van der Waals surface area contributed by atoms with Crippen LogP contribution in [0.5, 0.6) is 0 Å². The molecule has 1 aromatic carbocycles. The number of benzene rings is 1. The van der Waals surface area contributed by atoms with E-state index in [-0.39, 0.29) is 12.5 Å². The van der Waals surface area contributed by atoms with Crippen molar-refractivity contribution in [1.29, 1.82) is 0 Å². The third kappa shape index (κ3) is 4.55. The Morgan fingerprint density at radius 1 is 1.38 bits per heavy atom. The molecule has 1 atom stereocenters. The lowest BCUT2D eigenvalue weighted by atomic mass is 10.0. The molecule has 1 saturated heterocycles. The van der Waals surface area contributed by atoms with E-state index in [4.69, 9.17) is 5.73 Å². The van der Waals surface area contributed by atoms with Gasteiger partial charge in [-0.1, -0.05) is 37.3 Å². The molecule has 0 saturated carbocycles. The zero-order chi connectivity index (χ0) is 15.1. The van der Waals surface area contributed by atoms with Crippen LogP contribution in [0, 0.1) is 0 Å². The van der Waals surface area contributed by atoms with E-state index in [0.29, 0.717) is 6.04 Å². The minimum Gasteiger partial charge on any atom is -0.337 e. The standard InChI is InChI=1S/C17H27N3O/c1-2-10-20(17(21)12-18)16-9-6-11-19(14-16)13-15-7-4-3-5-8-15/h3-5,7-8,16H,2,6,9-14,18H2,1H3. The Hall–Kier alpha value is -1.39. The molecule has 116 valence electrons. The van der Waals surface area contributed by atoms with Gasteiger partial charge < -0.3 is 10.6 Å². The van der Waals surface area contributed by atoms with Crippen molar-refractivity contribution in [3.8, 4) is 0 Å². The molecule has 4 heteroatoms. The summed E-state index contributed by atoms with van der Waals surface area (Å²) in [7, 11) is 0. The first-order valence-corrected chi connectivity index (χ1v) is 8.00. The summed E-state index contributed by atoms with van der Waals surface area (Å²) in [5, 5.41) is 0. The van der Waals surface area contributed by atoms with Crippen molar-refractivity contribution in [2.45, 2.75) is 38.8 Å². The second-order valence-corrected chi connectivity index (χ2v) is 5.81. The second-order valence-electron chi connectivity index (χ2n) is 5.81.